The van der Waals surface area contributed by atoms with Crippen LogP contribution in [0.5, 0.6) is 0 Å². The molecule has 5 heteroatoms. The molecule has 100 valence electrons. The molecule has 3 aromatic rings. The molecule has 0 aliphatic carbocycles. The fourth-order valence-corrected chi connectivity index (χ4v) is 2.30. The third-order valence-corrected chi connectivity index (χ3v) is 3.68. The smallest absolute Gasteiger partial charge is 0.120 e. The molecule has 2 aromatic heterocycles. The summed E-state index contributed by atoms with van der Waals surface area (Å²) in [6.45, 7) is 2.72. The first-order chi connectivity index (χ1) is 9.69. The van der Waals surface area contributed by atoms with Crippen LogP contribution in [-0.2, 0) is 13.6 Å². The average Bonchev–Trinajstić information content (AvgIpc) is 3.03. The van der Waals surface area contributed by atoms with Crippen molar-refractivity contribution in [2.45, 2.75) is 13.5 Å². The highest BCUT2D eigenvalue weighted by Gasteiger charge is 2.08. The molecule has 2 heterocycles. The van der Waals surface area contributed by atoms with E-state index in [0.717, 1.165) is 27.8 Å². The van der Waals surface area contributed by atoms with Crippen LogP contribution in [0.3, 0.4) is 0 Å². The van der Waals surface area contributed by atoms with Crippen molar-refractivity contribution in [2.75, 3.05) is 5.32 Å². The zero-order chi connectivity index (χ0) is 14.1. The molecule has 5 nitrogen and oxygen atoms in total. The molecular formula is C15H15N5. The highest BCUT2D eigenvalue weighted by molar-refractivity contribution is 5.81. The maximum atomic E-state index is 9.03. The number of aromatic nitrogens is 3. The van der Waals surface area contributed by atoms with Crippen molar-refractivity contribution in [2.24, 2.45) is 7.05 Å². The van der Waals surface area contributed by atoms with Crippen LogP contribution in [0.25, 0.3) is 10.9 Å². The summed E-state index contributed by atoms with van der Waals surface area (Å²) in [6, 6.07) is 10.2. The van der Waals surface area contributed by atoms with Crippen LogP contribution in [0, 0.1) is 18.3 Å². The maximum absolute atomic E-state index is 9.03. The number of anilines is 1. The fraction of sp³-hybridized carbons (Fsp3) is 0.200. The number of nitrogens with one attached hydrogen (secondary N) is 2. The van der Waals surface area contributed by atoms with Crippen LogP contribution in [0.2, 0.25) is 0 Å². The summed E-state index contributed by atoms with van der Waals surface area (Å²) >= 11 is 0. The molecule has 0 saturated carbocycles. The molecule has 0 radical (unpaired) electrons. The Kier molecular flexibility index (Phi) is 2.92. The van der Waals surface area contributed by atoms with Crippen LogP contribution < -0.4 is 5.32 Å². The second-order valence-electron chi connectivity index (χ2n) is 4.84. The Bertz CT molecular complexity index is 803. The van der Waals surface area contributed by atoms with Gasteiger partial charge in [0.05, 0.1) is 11.7 Å². The third-order valence-electron chi connectivity index (χ3n) is 3.68. The molecule has 0 fully saturated rings. The van der Waals surface area contributed by atoms with E-state index in [1.54, 1.807) is 0 Å². The number of aromatic amines is 1. The van der Waals surface area contributed by atoms with E-state index in [4.69, 9.17) is 5.26 Å². The van der Waals surface area contributed by atoms with Gasteiger partial charge >= 0.3 is 0 Å². The van der Waals surface area contributed by atoms with Gasteiger partial charge < -0.3 is 9.88 Å². The zero-order valence-corrected chi connectivity index (χ0v) is 11.4. The van der Waals surface area contributed by atoms with Crippen LogP contribution >= 0.6 is 0 Å². The summed E-state index contributed by atoms with van der Waals surface area (Å²) in [7, 11) is 1.91. The van der Waals surface area contributed by atoms with E-state index >= 15 is 0 Å². The van der Waals surface area contributed by atoms with Gasteiger partial charge in [0.2, 0.25) is 0 Å². The molecule has 0 amide bonds. The molecule has 2 N–H and O–H groups in total. The molecule has 0 unspecified atom stereocenters. The lowest BCUT2D eigenvalue weighted by molar-refractivity contribution is 0.856. The largest absolute Gasteiger partial charge is 0.381 e. The van der Waals surface area contributed by atoms with Gasteiger partial charge in [0.15, 0.2) is 0 Å². The Balaban J connectivity index is 1.81. The summed E-state index contributed by atoms with van der Waals surface area (Å²) in [5, 5.41) is 20.4. The summed E-state index contributed by atoms with van der Waals surface area (Å²) in [4.78, 5) is 0. The van der Waals surface area contributed by atoms with Crippen LogP contribution in [0.1, 0.15) is 17.0 Å². The average molecular weight is 265 g/mol. The van der Waals surface area contributed by atoms with Gasteiger partial charge in [-0.1, -0.05) is 0 Å². The van der Waals surface area contributed by atoms with Crippen LogP contribution in [0.4, 0.5) is 5.69 Å². The quantitative estimate of drug-likeness (QED) is 0.765. The van der Waals surface area contributed by atoms with Gasteiger partial charge in [0.25, 0.3) is 0 Å². The first-order valence-electron chi connectivity index (χ1n) is 6.41. The van der Waals surface area contributed by atoms with E-state index in [-0.39, 0.29) is 0 Å². The van der Waals surface area contributed by atoms with Gasteiger partial charge in [-0.3, -0.25) is 5.10 Å². The first-order valence-corrected chi connectivity index (χ1v) is 6.41. The molecule has 0 saturated heterocycles. The van der Waals surface area contributed by atoms with Crippen molar-refractivity contribution in [1.29, 1.82) is 5.26 Å². The lowest BCUT2D eigenvalue weighted by Gasteiger charge is -2.07. The molecule has 0 bridgehead atoms. The van der Waals surface area contributed by atoms with Gasteiger partial charge in [0.1, 0.15) is 11.8 Å². The minimum Gasteiger partial charge on any atom is -0.381 e. The predicted octanol–water partition coefficient (Wildman–Crippen LogP) is 2.69. The monoisotopic (exact) mass is 265 g/mol. The zero-order valence-electron chi connectivity index (χ0n) is 11.4. The molecule has 20 heavy (non-hydrogen) atoms. The molecule has 0 aliphatic heterocycles. The lowest BCUT2D eigenvalue weighted by atomic mass is 10.2. The van der Waals surface area contributed by atoms with E-state index < -0.39 is 0 Å². The van der Waals surface area contributed by atoms with E-state index in [0.29, 0.717) is 12.2 Å². The van der Waals surface area contributed by atoms with Crippen LogP contribution in [-0.4, -0.2) is 14.8 Å². The van der Waals surface area contributed by atoms with Crippen molar-refractivity contribution in [3.05, 3.63) is 47.4 Å². The van der Waals surface area contributed by atoms with Gasteiger partial charge in [-0.25, -0.2) is 0 Å². The lowest BCUT2D eigenvalue weighted by Crippen LogP contribution is -2.01. The van der Waals surface area contributed by atoms with E-state index in [9.17, 15) is 0 Å². The highest BCUT2D eigenvalue weighted by atomic mass is 15.1. The molecule has 0 atom stereocenters. The van der Waals surface area contributed by atoms with E-state index in [2.05, 4.69) is 27.6 Å². The standard InChI is InChI=1S/C15H15N5/c1-10-11(6-14(7-16)20(10)2)8-17-13-3-4-15-12(5-13)9-18-19-15/h3-6,9,17H,8H2,1-2H3,(H,18,19). The van der Waals surface area contributed by atoms with Crippen molar-refractivity contribution in [3.63, 3.8) is 0 Å². The first kappa shape index (κ1) is 12.3. The third kappa shape index (κ3) is 2.01. The summed E-state index contributed by atoms with van der Waals surface area (Å²) in [6.07, 6.45) is 1.81. The number of H-pyrrole nitrogens is 1. The Morgan fingerprint density at radius 3 is 3.00 bits per heavy atom. The van der Waals surface area contributed by atoms with Gasteiger partial charge in [0, 0.05) is 30.4 Å². The second kappa shape index (κ2) is 4.74. The molecule has 3 rings (SSSR count). The van der Waals surface area contributed by atoms with E-state index in [1.807, 2.05) is 42.9 Å². The molecule has 0 aliphatic rings. The minimum atomic E-state index is 0.685. The SMILES string of the molecule is Cc1c(CNc2ccc3[nH]ncc3c2)cc(C#N)n1C. The van der Waals surface area contributed by atoms with Gasteiger partial charge in [-0.2, -0.15) is 10.4 Å². The number of nitriles is 1. The van der Waals surface area contributed by atoms with Crippen LogP contribution in [0.15, 0.2) is 30.5 Å². The number of rotatable bonds is 3. The predicted molar refractivity (Wildman–Crippen MR) is 78.3 cm³/mol. The van der Waals surface area contributed by atoms with Gasteiger partial charge in [-0.15, -0.1) is 0 Å². The van der Waals surface area contributed by atoms with Crippen molar-refractivity contribution < 1.29 is 0 Å². The Labute approximate surface area is 116 Å². The van der Waals surface area contributed by atoms with E-state index in [1.165, 1.54) is 0 Å². The number of hydrogen-bond donors (Lipinski definition) is 2. The minimum absolute atomic E-state index is 0.685. The van der Waals surface area contributed by atoms with Gasteiger partial charge in [-0.05, 0) is 36.8 Å². The second-order valence-corrected chi connectivity index (χ2v) is 4.84. The topological polar surface area (TPSA) is 69.4 Å². The summed E-state index contributed by atoms with van der Waals surface area (Å²) in [5.74, 6) is 0. The highest BCUT2D eigenvalue weighted by Crippen LogP contribution is 2.19. The number of hydrogen-bond acceptors (Lipinski definition) is 3. The normalized spacial score (nSPS) is 10.7. The maximum Gasteiger partial charge on any atom is 0.120 e. The molecular weight excluding hydrogens is 250 g/mol. The summed E-state index contributed by atoms with van der Waals surface area (Å²) < 4.78 is 1.91. The molecule has 0 spiro atoms. The van der Waals surface area contributed by atoms with Crippen molar-refractivity contribution >= 4 is 16.6 Å². The Morgan fingerprint density at radius 2 is 2.25 bits per heavy atom. The summed E-state index contributed by atoms with van der Waals surface area (Å²) in [5.41, 5.74) is 5.00. The number of nitrogens with zero attached hydrogens (tertiary/aromatic N) is 3. The Morgan fingerprint density at radius 1 is 1.40 bits per heavy atom. The number of benzene rings is 1. The van der Waals surface area contributed by atoms with Crippen molar-refractivity contribution in [3.8, 4) is 6.07 Å². The van der Waals surface area contributed by atoms with Crippen molar-refractivity contribution in [1.82, 2.24) is 14.8 Å². The number of fused-ring (bicyclic) bond motifs is 1. The fourth-order valence-electron chi connectivity index (χ4n) is 2.30. The Hall–Kier alpha value is -2.74. The molecule has 1 aromatic carbocycles.